The van der Waals surface area contributed by atoms with Crippen molar-refractivity contribution in [3.63, 3.8) is 0 Å². The van der Waals surface area contributed by atoms with Crippen LogP contribution in [0.1, 0.15) is 30.9 Å². The molecule has 0 saturated heterocycles. The lowest BCUT2D eigenvalue weighted by atomic mass is 10.0. The Kier molecular flexibility index (Phi) is 4.83. The number of aryl methyl sites for hydroxylation is 1. The third-order valence-corrected chi connectivity index (χ3v) is 3.49. The largest absolute Gasteiger partial charge is 0.492 e. The number of halogens is 1. The van der Waals surface area contributed by atoms with Crippen molar-refractivity contribution in [1.29, 1.82) is 0 Å². The van der Waals surface area contributed by atoms with Crippen LogP contribution in [0.15, 0.2) is 18.2 Å². The Balaban J connectivity index is 2.79. The van der Waals surface area contributed by atoms with Crippen LogP contribution in [0.25, 0.3) is 0 Å². The van der Waals surface area contributed by atoms with E-state index in [9.17, 15) is 8.42 Å². The van der Waals surface area contributed by atoms with Crippen LogP contribution in [-0.4, -0.2) is 20.8 Å². The van der Waals surface area contributed by atoms with Gasteiger partial charge in [-0.15, -0.1) is 0 Å². The van der Waals surface area contributed by atoms with Crippen LogP contribution in [0, 0.1) is 6.92 Å². The molecule has 0 N–H and O–H groups in total. The molecule has 0 fully saturated rings. The maximum atomic E-state index is 10.8. The highest BCUT2D eigenvalue weighted by Gasteiger charge is 2.10. The van der Waals surface area contributed by atoms with Gasteiger partial charge in [0.15, 0.2) is 0 Å². The summed E-state index contributed by atoms with van der Waals surface area (Å²) in [6, 6.07) is 5.93. The van der Waals surface area contributed by atoms with Gasteiger partial charge in [-0.3, -0.25) is 0 Å². The second-order valence-electron chi connectivity index (χ2n) is 4.29. The summed E-state index contributed by atoms with van der Waals surface area (Å²) in [5, 5.41) is 0. The molecule has 3 nitrogen and oxygen atoms in total. The van der Waals surface area contributed by atoms with Gasteiger partial charge in [0.2, 0.25) is 9.05 Å². The molecule has 0 saturated carbocycles. The molecular formula is C12H17ClO3S. The minimum absolute atomic E-state index is 0.0784. The van der Waals surface area contributed by atoms with Gasteiger partial charge in [-0.2, -0.15) is 0 Å². The molecule has 1 rings (SSSR count). The summed E-state index contributed by atoms with van der Waals surface area (Å²) in [7, 11) is 1.63. The van der Waals surface area contributed by atoms with Crippen LogP contribution in [0.2, 0.25) is 0 Å². The minimum atomic E-state index is -3.49. The highest BCUT2D eigenvalue weighted by Crippen LogP contribution is 2.27. The highest BCUT2D eigenvalue weighted by atomic mass is 35.7. The maximum absolute atomic E-state index is 10.8. The standard InChI is InChI=1S/C12H17ClO3S/c1-9(2)11-5-4-10(3)8-12(11)16-6-7-17(13,14)15/h4-5,8-9H,6-7H2,1-3H3. The molecule has 0 spiro atoms. The van der Waals surface area contributed by atoms with Crippen molar-refractivity contribution in [3.8, 4) is 5.75 Å². The fourth-order valence-electron chi connectivity index (χ4n) is 1.49. The van der Waals surface area contributed by atoms with E-state index in [1.54, 1.807) is 0 Å². The van der Waals surface area contributed by atoms with E-state index in [-0.39, 0.29) is 12.4 Å². The third-order valence-electron chi connectivity index (χ3n) is 2.38. The topological polar surface area (TPSA) is 43.4 Å². The summed E-state index contributed by atoms with van der Waals surface area (Å²) in [6.45, 7) is 6.18. The van der Waals surface area contributed by atoms with Gasteiger partial charge in [0.1, 0.15) is 12.4 Å². The van der Waals surface area contributed by atoms with E-state index in [0.717, 1.165) is 16.9 Å². The first-order chi connectivity index (χ1) is 7.79. The van der Waals surface area contributed by atoms with Gasteiger partial charge in [-0.05, 0) is 30.0 Å². The second kappa shape index (κ2) is 5.74. The van der Waals surface area contributed by atoms with Gasteiger partial charge in [0, 0.05) is 10.7 Å². The molecule has 0 aromatic heterocycles. The third kappa shape index (κ3) is 4.96. The molecule has 0 amide bonds. The van der Waals surface area contributed by atoms with Crippen LogP contribution in [0.3, 0.4) is 0 Å². The molecule has 0 aliphatic rings. The number of ether oxygens (including phenoxy) is 1. The predicted molar refractivity (Wildman–Crippen MR) is 70.4 cm³/mol. The Morgan fingerprint density at radius 1 is 1.35 bits per heavy atom. The summed E-state index contributed by atoms with van der Waals surface area (Å²) >= 11 is 0. The van der Waals surface area contributed by atoms with Gasteiger partial charge >= 0.3 is 0 Å². The van der Waals surface area contributed by atoms with Crippen molar-refractivity contribution in [3.05, 3.63) is 29.3 Å². The molecule has 1 aromatic rings. The Morgan fingerprint density at radius 3 is 2.53 bits per heavy atom. The van der Waals surface area contributed by atoms with Crippen molar-refractivity contribution in [2.45, 2.75) is 26.7 Å². The van der Waals surface area contributed by atoms with Gasteiger partial charge in [-0.1, -0.05) is 26.0 Å². The highest BCUT2D eigenvalue weighted by molar-refractivity contribution is 8.13. The fraction of sp³-hybridized carbons (Fsp3) is 0.500. The minimum Gasteiger partial charge on any atom is -0.492 e. The Labute approximate surface area is 107 Å². The van der Waals surface area contributed by atoms with E-state index in [1.165, 1.54) is 0 Å². The van der Waals surface area contributed by atoms with E-state index in [2.05, 4.69) is 13.8 Å². The summed E-state index contributed by atoms with van der Waals surface area (Å²) in [4.78, 5) is 0. The van der Waals surface area contributed by atoms with Crippen LogP contribution in [0.5, 0.6) is 5.75 Å². The molecule has 17 heavy (non-hydrogen) atoms. The smallest absolute Gasteiger partial charge is 0.235 e. The molecule has 1 aromatic carbocycles. The zero-order valence-corrected chi connectivity index (χ0v) is 11.8. The summed E-state index contributed by atoms with van der Waals surface area (Å²) < 4.78 is 27.1. The lowest BCUT2D eigenvalue weighted by Crippen LogP contribution is -2.10. The normalized spacial score (nSPS) is 11.8. The van der Waals surface area contributed by atoms with Gasteiger partial charge in [0.05, 0.1) is 5.75 Å². The van der Waals surface area contributed by atoms with E-state index < -0.39 is 9.05 Å². The second-order valence-corrected chi connectivity index (χ2v) is 7.18. The molecule has 0 unspecified atom stereocenters. The Hall–Kier alpha value is -0.740. The molecule has 0 aliphatic heterocycles. The van der Waals surface area contributed by atoms with Crippen molar-refractivity contribution < 1.29 is 13.2 Å². The van der Waals surface area contributed by atoms with Gasteiger partial charge in [-0.25, -0.2) is 8.42 Å². The quantitative estimate of drug-likeness (QED) is 0.777. The first-order valence-electron chi connectivity index (χ1n) is 5.45. The molecule has 0 bridgehead atoms. The number of benzene rings is 1. The predicted octanol–water partition coefficient (Wildman–Crippen LogP) is 3.07. The lowest BCUT2D eigenvalue weighted by Gasteiger charge is -2.14. The summed E-state index contributed by atoms with van der Waals surface area (Å²) in [5.74, 6) is 0.888. The van der Waals surface area contributed by atoms with E-state index in [0.29, 0.717) is 5.92 Å². The summed E-state index contributed by atoms with van der Waals surface area (Å²) in [6.07, 6.45) is 0. The number of hydrogen-bond acceptors (Lipinski definition) is 3. The Morgan fingerprint density at radius 2 is 2.00 bits per heavy atom. The lowest BCUT2D eigenvalue weighted by molar-refractivity contribution is 0.336. The van der Waals surface area contributed by atoms with Gasteiger partial charge in [0.25, 0.3) is 0 Å². The average Bonchev–Trinajstić information content (AvgIpc) is 2.15. The first kappa shape index (κ1) is 14.3. The van der Waals surface area contributed by atoms with Crippen LogP contribution >= 0.6 is 10.7 Å². The zero-order valence-electron chi connectivity index (χ0n) is 10.2. The maximum Gasteiger partial charge on any atom is 0.235 e. The number of hydrogen-bond donors (Lipinski definition) is 0. The van der Waals surface area contributed by atoms with Crippen molar-refractivity contribution in [2.75, 3.05) is 12.4 Å². The molecule has 96 valence electrons. The zero-order chi connectivity index (χ0) is 13.1. The van der Waals surface area contributed by atoms with E-state index in [4.69, 9.17) is 15.4 Å². The molecule has 0 aliphatic carbocycles. The van der Waals surface area contributed by atoms with E-state index in [1.807, 2.05) is 25.1 Å². The fourth-order valence-corrected chi connectivity index (χ4v) is 1.97. The number of rotatable bonds is 5. The average molecular weight is 277 g/mol. The van der Waals surface area contributed by atoms with Crippen LogP contribution in [0.4, 0.5) is 0 Å². The first-order valence-corrected chi connectivity index (χ1v) is 7.93. The Bertz CT molecular complexity index is 481. The summed E-state index contributed by atoms with van der Waals surface area (Å²) in [5.41, 5.74) is 2.15. The van der Waals surface area contributed by atoms with E-state index >= 15 is 0 Å². The molecule has 0 radical (unpaired) electrons. The molecule has 0 atom stereocenters. The molecule has 5 heteroatoms. The van der Waals surface area contributed by atoms with Gasteiger partial charge < -0.3 is 4.74 Å². The monoisotopic (exact) mass is 276 g/mol. The SMILES string of the molecule is Cc1ccc(C(C)C)c(OCCS(=O)(=O)Cl)c1. The van der Waals surface area contributed by atoms with Crippen LogP contribution < -0.4 is 4.74 Å². The van der Waals surface area contributed by atoms with Crippen molar-refractivity contribution in [1.82, 2.24) is 0 Å². The van der Waals surface area contributed by atoms with Crippen molar-refractivity contribution >= 4 is 19.7 Å². The molecular weight excluding hydrogens is 260 g/mol. The molecule has 0 heterocycles. The van der Waals surface area contributed by atoms with Crippen LogP contribution in [-0.2, 0) is 9.05 Å². The van der Waals surface area contributed by atoms with Crippen molar-refractivity contribution in [2.24, 2.45) is 0 Å².